The van der Waals surface area contributed by atoms with E-state index in [-0.39, 0.29) is 11.3 Å². The molecule has 1 unspecified atom stereocenters. The summed E-state index contributed by atoms with van der Waals surface area (Å²) in [6.07, 6.45) is 7.59. The molecular formula is C13H23NO2S. The molecule has 98 valence electrons. The summed E-state index contributed by atoms with van der Waals surface area (Å²) in [5, 5.41) is 3.22. The Balaban J connectivity index is 2.28. The topological polar surface area (TPSA) is 46.2 Å². The lowest BCUT2D eigenvalue weighted by Gasteiger charge is -2.21. The van der Waals surface area contributed by atoms with Crippen LogP contribution in [0.2, 0.25) is 0 Å². The molecule has 1 N–H and O–H groups in total. The first-order valence-corrected chi connectivity index (χ1v) is 7.42. The molecule has 0 aliphatic heterocycles. The summed E-state index contributed by atoms with van der Waals surface area (Å²) in [6.45, 7) is 4.11. The smallest absolute Gasteiger partial charge is 0.279 e. The second kappa shape index (κ2) is 7.75. The van der Waals surface area contributed by atoms with Crippen molar-refractivity contribution in [1.82, 2.24) is 5.32 Å². The minimum atomic E-state index is -0.321. The number of hydrogen-bond donors (Lipinski definition) is 1. The van der Waals surface area contributed by atoms with Gasteiger partial charge in [-0.05, 0) is 25.2 Å². The molecule has 0 saturated heterocycles. The van der Waals surface area contributed by atoms with Crippen molar-refractivity contribution in [3.05, 3.63) is 0 Å². The van der Waals surface area contributed by atoms with Gasteiger partial charge in [-0.25, -0.2) is 0 Å². The third-order valence-corrected chi connectivity index (χ3v) is 4.16. The van der Waals surface area contributed by atoms with Gasteiger partial charge in [-0.15, -0.1) is 0 Å². The number of thioether (sulfide) groups is 1. The lowest BCUT2D eigenvalue weighted by Crippen LogP contribution is -2.35. The van der Waals surface area contributed by atoms with E-state index >= 15 is 0 Å². The quantitative estimate of drug-likeness (QED) is 0.768. The Kier molecular flexibility index (Phi) is 6.63. The molecule has 0 aromatic rings. The van der Waals surface area contributed by atoms with Crippen molar-refractivity contribution in [3.8, 4) is 0 Å². The van der Waals surface area contributed by atoms with Crippen LogP contribution in [-0.4, -0.2) is 22.8 Å². The van der Waals surface area contributed by atoms with Gasteiger partial charge in [0.15, 0.2) is 0 Å². The maximum Gasteiger partial charge on any atom is 0.279 e. The van der Waals surface area contributed by atoms with E-state index in [1.807, 2.05) is 0 Å². The average molecular weight is 257 g/mol. The van der Waals surface area contributed by atoms with Crippen LogP contribution in [0, 0.1) is 5.92 Å². The van der Waals surface area contributed by atoms with E-state index in [0.29, 0.717) is 11.2 Å². The summed E-state index contributed by atoms with van der Waals surface area (Å²) in [6, 6.07) is -0.321. The zero-order chi connectivity index (χ0) is 12.7. The molecule has 0 aromatic heterocycles. The van der Waals surface area contributed by atoms with Gasteiger partial charge in [-0.2, -0.15) is 0 Å². The number of carbonyl (C=O) groups excluding carboxylic acids is 2. The number of aldehydes is 1. The zero-order valence-electron chi connectivity index (χ0n) is 10.8. The number of rotatable bonds is 5. The fourth-order valence-corrected chi connectivity index (χ4v) is 3.27. The van der Waals surface area contributed by atoms with Crippen LogP contribution in [0.3, 0.4) is 0 Å². The molecule has 1 fully saturated rings. The summed E-state index contributed by atoms with van der Waals surface area (Å²) < 4.78 is 0. The summed E-state index contributed by atoms with van der Waals surface area (Å²) in [5.74, 6) is 0.421. The molecule has 1 rings (SSSR count). The maximum absolute atomic E-state index is 11.8. The first-order valence-electron chi connectivity index (χ1n) is 6.54. The van der Waals surface area contributed by atoms with Crippen molar-refractivity contribution in [2.24, 2.45) is 5.92 Å². The Bertz CT molecular complexity index is 250. The van der Waals surface area contributed by atoms with Crippen molar-refractivity contribution in [2.75, 3.05) is 0 Å². The van der Waals surface area contributed by atoms with Gasteiger partial charge in [-0.1, -0.05) is 44.9 Å². The summed E-state index contributed by atoms with van der Waals surface area (Å²) in [5.41, 5.74) is 0. The highest BCUT2D eigenvalue weighted by molar-refractivity contribution is 8.14. The highest BCUT2D eigenvalue weighted by atomic mass is 32.2. The van der Waals surface area contributed by atoms with Crippen LogP contribution >= 0.6 is 11.8 Å². The molecule has 0 spiro atoms. The van der Waals surface area contributed by atoms with Crippen LogP contribution in [0.1, 0.15) is 52.4 Å². The zero-order valence-corrected chi connectivity index (χ0v) is 11.6. The van der Waals surface area contributed by atoms with Gasteiger partial charge in [0.25, 0.3) is 5.24 Å². The van der Waals surface area contributed by atoms with E-state index < -0.39 is 0 Å². The second-order valence-electron chi connectivity index (χ2n) is 5.18. The summed E-state index contributed by atoms with van der Waals surface area (Å²) in [7, 11) is 0. The predicted molar refractivity (Wildman–Crippen MR) is 72.3 cm³/mol. The molecule has 0 aromatic carbocycles. The third-order valence-electron chi connectivity index (χ3n) is 3.02. The molecule has 4 heteroatoms. The van der Waals surface area contributed by atoms with Crippen LogP contribution in [0.15, 0.2) is 0 Å². The van der Waals surface area contributed by atoms with Crippen molar-refractivity contribution in [1.29, 1.82) is 0 Å². The van der Waals surface area contributed by atoms with Crippen molar-refractivity contribution in [2.45, 2.75) is 63.7 Å². The minimum Gasteiger partial charge on any atom is -0.337 e. The predicted octanol–water partition coefficient (Wildman–Crippen LogP) is 3.38. The lowest BCUT2D eigenvalue weighted by atomic mass is 10.0. The van der Waals surface area contributed by atoms with E-state index in [1.165, 1.54) is 31.0 Å². The Morgan fingerprint density at radius 1 is 1.35 bits per heavy atom. The molecule has 0 radical (unpaired) electrons. The highest BCUT2D eigenvalue weighted by Crippen LogP contribution is 2.28. The van der Waals surface area contributed by atoms with Gasteiger partial charge in [0.05, 0.1) is 6.04 Å². The molecule has 1 amide bonds. The second-order valence-corrected chi connectivity index (χ2v) is 6.45. The van der Waals surface area contributed by atoms with E-state index in [2.05, 4.69) is 19.2 Å². The monoisotopic (exact) mass is 257 g/mol. The van der Waals surface area contributed by atoms with Gasteiger partial charge in [-0.3, -0.25) is 4.79 Å². The molecule has 1 atom stereocenters. The van der Waals surface area contributed by atoms with Crippen molar-refractivity contribution < 1.29 is 9.59 Å². The Labute approximate surface area is 108 Å². The minimum absolute atomic E-state index is 0.0327. The van der Waals surface area contributed by atoms with E-state index in [9.17, 15) is 9.59 Å². The molecule has 0 bridgehead atoms. The van der Waals surface area contributed by atoms with Crippen LogP contribution in [0.25, 0.3) is 0 Å². The molecular weight excluding hydrogens is 234 g/mol. The van der Waals surface area contributed by atoms with Crippen LogP contribution in [0.5, 0.6) is 0 Å². The average Bonchev–Trinajstić information content (AvgIpc) is 2.28. The molecule has 3 nitrogen and oxygen atoms in total. The molecule has 1 aliphatic rings. The normalized spacial score (nSPS) is 19.0. The largest absolute Gasteiger partial charge is 0.337 e. The van der Waals surface area contributed by atoms with E-state index in [1.54, 1.807) is 0 Å². The van der Waals surface area contributed by atoms with E-state index in [0.717, 1.165) is 25.5 Å². The highest BCUT2D eigenvalue weighted by Gasteiger charge is 2.20. The fraction of sp³-hybridized carbons (Fsp3) is 0.846. The molecule has 17 heavy (non-hydrogen) atoms. The fourth-order valence-electron chi connectivity index (χ4n) is 2.18. The number of hydrogen-bond acceptors (Lipinski definition) is 3. The summed E-state index contributed by atoms with van der Waals surface area (Å²) >= 11 is 1.38. The number of nitrogens with one attached hydrogen (secondary N) is 1. The molecule has 0 heterocycles. The van der Waals surface area contributed by atoms with Crippen molar-refractivity contribution >= 4 is 23.3 Å². The first-order chi connectivity index (χ1) is 8.11. The SMILES string of the molecule is CC(C)CC(C=O)NC(=O)SC1CCCCC1. The van der Waals surface area contributed by atoms with Crippen LogP contribution in [0.4, 0.5) is 4.79 Å². The van der Waals surface area contributed by atoms with Gasteiger partial charge >= 0.3 is 0 Å². The van der Waals surface area contributed by atoms with Gasteiger partial charge in [0.2, 0.25) is 0 Å². The maximum atomic E-state index is 11.8. The van der Waals surface area contributed by atoms with Crippen LogP contribution in [-0.2, 0) is 4.79 Å². The molecule has 1 saturated carbocycles. The molecule has 1 aliphatic carbocycles. The van der Waals surface area contributed by atoms with Gasteiger partial charge in [0.1, 0.15) is 6.29 Å². The Morgan fingerprint density at radius 2 is 2.00 bits per heavy atom. The van der Waals surface area contributed by atoms with E-state index in [4.69, 9.17) is 0 Å². The third kappa shape index (κ3) is 6.10. The van der Waals surface area contributed by atoms with Gasteiger partial charge < -0.3 is 10.1 Å². The summed E-state index contributed by atoms with van der Waals surface area (Å²) in [4.78, 5) is 22.6. The number of carbonyl (C=O) groups is 2. The Morgan fingerprint density at radius 3 is 2.53 bits per heavy atom. The standard InChI is InChI=1S/C13H23NO2S/c1-10(2)8-11(9-15)14-13(16)17-12-6-4-3-5-7-12/h9-12H,3-8H2,1-2H3,(H,14,16). The number of amides is 1. The van der Waals surface area contributed by atoms with Crippen LogP contribution < -0.4 is 5.32 Å². The van der Waals surface area contributed by atoms with Crippen molar-refractivity contribution in [3.63, 3.8) is 0 Å². The van der Waals surface area contributed by atoms with Gasteiger partial charge in [0, 0.05) is 5.25 Å². The first kappa shape index (κ1) is 14.6. The Hall–Kier alpha value is -0.510. The lowest BCUT2D eigenvalue weighted by molar-refractivity contribution is -0.109.